The Hall–Kier alpha value is -2.21. The Kier molecular flexibility index (Phi) is 4.06. The van der Waals surface area contributed by atoms with Gasteiger partial charge in [0, 0.05) is 0 Å². The Morgan fingerprint density at radius 3 is 2.55 bits per heavy atom. The van der Waals surface area contributed by atoms with Gasteiger partial charge in [0.1, 0.15) is 0 Å². The lowest BCUT2D eigenvalue weighted by molar-refractivity contribution is -0.384. The molecule has 22 heavy (non-hydrogen) atoms. The van der Waals surface area contributed by atoms with Crippen LogP contribution in [0.2, 0.25) is 0 Å². The molecule has 0 aliphatic rings. The van der Waals surface area contributed by atoms with E-state index in [4.69, 9.17) is 0 Å². The van der Waals surface area contributed by atoms with Crippen molar-refractivity contribution >= 4 is 32.3 Å². The third-order valence-electron chi connectivity index (χ3n) is 2.36. The van der Waals surface area contributed by atoms with Gasteiger partial charge in [0.2, 0.25) is 0 Å². The minimum Gasteiger partial charge on any atom is -0.357 e. The van der Waals surface area contributed by atoms with Crippen LogP contribution in [0.15, 0.2) is 34.5 Å². The Morgan fingerprint density at radius 2 is 2.00 bits per heavy atom. The lowest BCUT2D eigenvalue weighted by Crippen LogP contribution is -2.14. The summed E-state index contributed by atoms with van der Waals surface area (Å²) in [7, 11) is -4.34. The van der Waals surface area contributed by atoms with E-state index >= 15 is 0 Å². The summed E-state index contributed by atoms with van der Waals surface area (Å²) in [4.78, 5) is 12.4. The topological polar surface area (TPSA) is 102 Å². The van der Waals surface area contributed by atoms with Gasteiger partial charge in [-0.3, -0.25) is 0 Å². The zero-order chi connectivity index (χ0) is 16.5. The first kappa shape index (κ1) is 16.2. The molecule has 7 nitrogen and oxygen atoms in total. The van der Waals surface area contributed by atoms with Gasteiger partial charge in [-0.2, -0.15) is 13.2 Å². The SMILES string of the molecule is O=[N+]([O-])c1nc(NS(=O)(=O)c2cccc(C(F)(F)F)c2)cs1. The molecule has 118 valence electrons. The predicted octanol–water partition coefficient (Wildman–Crippen LogP) is 2.87. The number of halogens is 3. The lowest BCUT2D eigenvalue weighted by atomic mass is 10.2. The van der Waals surface area contributed by atoms with Crippen LogP contribution in [0.4, 0.5) is 24.1 Å². The highest BCUT2D eigenvalue weighted by molar-refractivity contribution is 7.92. The Morgan fingerprint density at radius 1 is 1.32 bits per heavy atom. The van der Waals surface area contributed by atoms with Crippen molar-refractivity contribution in [1.29, 1.82) is 0 Å². The fourth-order valence-electron chi connectivity index (χ4n) is 1.43. The molecular formula is C10H6F3N3O4S2. The summed E-state index contributed by atoms with van der Waals surface area (Å²) < 4.78 is 63.6. The fraction of sp³-hybridized carbons (Fsp3) is 0.100. The minimum absolute atomic E-state index is 0.339. The second kappa shape index (κ2) is 5.53. The van der Waals surface area contributed by atoms with E-state index in [1.54, 1.807) is 0 Å². The van der Waals surface area contributed by atoms with E-state index in [9.17, 15) is 31.7 Å². The quantitative estimate of drug-likeness (QED) is 0.672. The Labute approximate surface area is 125 Å². The molecule has 0 aliphatic heterocycles. The minimum atomic E-state index is -4.69. The van der Waals surface area contributed by atoms with Crippen LogP contribution in [0, 0.1) is 10.1 Å². The first-order chi connectivity index (χ1) is 10.1. The van der Waals surface area contributed by atoms with Crippen LogP contribution in [-0.4, -0.2) is 18.3 Å². The van der Waals surface area contributed by atoms with Gasteiger partial charge in [0.05, 0.1) is 15.8 Å². The number of sulfonamides is 1. The van der Waals surface area contributed by atoms with Crippen molar-refractivity contribution in [3.8, 4) is 0 Å². The number of anilines is 1. The molecular weight excluding hydrogens is 347 g/mol. The maximum absolute atomic E-state index is 12.6. The number of benzene rings is 1. The molecule has 2 aromatic rings. The number of nitrogens with one attached hydrogen (secondary N) is 1. The molecule has 0 spiro atoms. The summed E-state index contributed by atoms with van der Waals surface area (Å²) in [5.41, 5.74) is -1.13. The van der Waals surface area contributed by atoms with E-state index in [0.29, 0.717) is 17.4 Å². The van der Waals surface area contributed by atoms with Crippen molar-refractivity contribution in [3.63, 3.8) is 0 Å². The van der Waals surface area contributed by atoms with Crippen molar-refractivity contribution in [2.45, 2.75) is 11.1 Å². The van der Waals surface area contributed by atoms with Gasteiger partial charge < -0.3 is 10.1 Å². The largest absolute Gasteiger partial charge is 0.425 e. The first-order valence-corrected chi connectivity index (χ1v) is 7.76. The van der Waals surface area contributed by atoms with E-state index in [-0.39, 0.29) is 5.82 Å². The highest BCUT2D eigenvalue weighted by atomic mass is 32.2. The molecule has 0 atom stereocenters. The van der Waals surface area contributed by atoms with Crippen LogP contribution >= 0.6 is 11.3 Å². The third kappa shape index (κ3) is 3.51. The molecule has 0 fully saturated rings. The fourth-order valence-corrected chi connectivity index (χ4v) is 3.11. The van der Waals surface area contributed by atoms with Gasteiger partial charge in [-0.05, 0) is 39.4 Å². The van der Waals surface area contributed by atoms with Gasteiger partial charge in [-0.25, -0.2) is 13.1 Å². The number of hydrogen-bond acceptors (Lipinski definition) is 6. The van der Waals surface area contributed by atoms with E-state index in [0.717, 1.165) is 23.6 Å². The lowest BCUT2D eigenvalue weighted by Gasteiger charge is -2.09. The summed E-state index contributed by atoms with van der Waals surface area (Å²) in [5.74, 6) is -0.339. The Balaban J connectivity index is 2.32. The smallest absolute Gasteiger partial charge is 0.357 e. The second-order valence-corrected chi connectivity index (χ2v) is 6.42. The van der Waals surface area contributed by atoms with Crippen LogP contribution in [0.25, 0.3) is 0 Å². The average molecular weight is 353 g/mol. The number of nitrogens with zero attached hydrogens (tertiary/aromatic N) is 2. The zero-order valence-corrected chi connectivity index (χ0v) is 12.0. The first-order valence-electron chi connectivity index (χ1n) is 5.39. The van der Waals surface area contributed by atoms with Crippen molar-refractivity contribution in [2.24, 2.45) is 0 Å². The predicted molar refractivity (Wildman–Crippen MR) is 71.0 cm³/mol. The number of nitro groups is 1. The summed E-state index contributed by atoms with van der Waals surface area (Å²) in [6.07, 6.45) is -4.69. The highest BCUT2D eigenvalue weighted by Crippen LogP contribution is 2.31. The summed E-state index contributed by atoms with van der Waals surface area (Å²) in [6.45, 7) is 0. The van der Waals surface area contributed by atoms with Crippen molar-refractivity contribution < 1.29 is 26.5 Å². The number of aromatic nitrogens is 1. The van der Waals surface area contributed by atoms with E-state index in [1.165, 1.54) is 0 Å². The third-order valence-corrected chi connectivity index (χ3v) is 4.50. The number of thiazole rings is 1. The Bertz CT molecular complexity index is 817. The normalized spacial score (nSPS) is 12.1. The van der Waals surface area contributed by atoms with Crippen molar-refractivity contribution in [2.75, 3.05) is 4.72 Å². The number of hydrogen-bond donors (Lipinski definition) is 1. The summed E-state index contributed by atoms with van der Waals surface area (Å²) in [5, 5.41) is 11.0. The molecule has 1 aromatic carbocycles. The molecule has 0 radical (unpaired) electrons. The average Bonchev–Trinajstić information content (AvgIpc) is 2.86. The van der Waals surface area contributed by atoms with Crippen molar-refractivity contribution in [3.05, 3.63) is 45.3 Å². The van der Waals surface area contributed by atoms with E-state index < -0.39 is 36.7 Å². The van der Waals surface area contributed by atoms with Gasteiger partial charge >= 0.3 is 11.3 Å². The van der Waals surface area contributed by atoms with Crippen LogP contribution in [0.5, 0.6) is 0 Å². The molecule has 1 aromatic heterocycles. The number of rotatable bonds is 4. The maximum atomic E-state index is 12.6. The standard InChI is InChI=1S/C10H6F3N3O4S2/c11-10(12,13)6-2-1-3-7(4-6)22(19,20)15-8-5-21-9(14-8)16(17)18/h1-5,15H. The van der Waals surface area contributed by atoms with Gasteiger partial charge in [0.25, 0.3) is 15.8 Å². The molecule has 0 amide bonds. The molecule has 0 unspecified atom stereocenters. The summed E-state index contributed by atoms with van der Waals surface area (Å²) in [6, 6.07) is 3.11. The molecule has 0 bridgehead atoms. The molecule has 2 rings (SSSR count). The maximum Gasteiger partial charge on any atom is 0.425 e. The van der Waals surface area contributed by atoms with Gasteiger partial charge in [-0.15, -0.1) is 0 Å². The highest BCUT2D eigenvalue weighted by Gasteiger charge is 2.32. The molecule has 1 N–H and O–H groups in total. The molecule has 0 saturated heterocycles. The monoisotopic (exact) mass is 353 g/mol. The van der Waals surface area contributed by atoms with Crippen molar-refractivity contribution in [1.82, 2.24) is 4.98 Å². The van der Waals surface area contributed by atoms with Gasteiger partial charge in [0.15, 0.2) is 0 Å². The second-order valence-electron chi connectivity index (χ2n) is 3.90. The van der Waals surface area contributed by atoms with Crippen LogP contribution in [-0.2, 0) is 16.2 Å². The molecule has 0 aliphatic carbocycles. The summed E-state index contributed by atoms with van der Waals surface area (Å²) >= 11 is 0.584. The zero-order valence-electron chi connectivity index (χ0n) is 10.4. The molecule has 0 saturated carbocycles. The van der Waals surface area contributed by atoms with Gasteiger partial charge in [-0.1, -0.05) is 6.07 Å². The molecule has 12 heteroatoms. The molecule has 1 heterocycles. The van der Waals surface area contributed by atoms with Crippen LogP contribution in [0.1, 0.15) is 5.56 Å². The van der Waals surface area contributed by atoms with E-state index in [2.05, 4.69) is 4.98 Å². The van der Waals surface area contributed by atoms with Crippen LogP contribution in [0.3, 0.4) is 0 Å². The van der Waals surface area contributed by atoms with E-state index in [1.807, 2.05) is 4.72 Å². The van der Waals surface area contributed by atoms with Crippen LogP contribution < -0.4 is 4.72 Å². The number of alkyl halides is 3.